The molecule has 4 nitrogen and oxygen atoms in total. The minimum absolute atomic E-state index is 0.335. The van der Waals surface area contributed by atoms with Crippen LogP contribution in [-0.4, -0.2) is 9.97 Å². The van der Waals surface area contributed by atoms with Crippen molar-refractivity contribution in [3.05, 3.63) is 22.1 Å². The minimum Gasteiger partial charge on any atom is -0.382 e. The average molecular weight is 271 g/mol. The lowest BCUT2D eigenvalue weighted by atomic mass is 10.3. The van der Waals surface area contributed by atoms with E-state index in [0.29, 0.717) is 17.3 Å². The minimum atomic E-state index is 0.335. The highest BCUT2D eigenvalue weighted by Crippen LogP contribution is 2.32. The number of thiophene rings is 1. The Morgan fingerprint density at radius 3 is 2.64 bits per heavy atom. The molecule has 4 N–H and O–H groups in total. The predicted molar refractivity (Wildman–Crippen MR) is 61.9 cm³/mol. The summed E-state index contributed by atoms with van der Waals surface area (Å²) in [5.41, 5.74) is 11.8. The van der Waals surface area contributed by atoms with Gasteiger partial charge < -0.3 is 11.5 Å². The molecule has 0 unspecified atom stereocenters. The van der Waals surface area contributed by atoms with E-state index in [-0.39, 0.29) is 0 Å². The van der Waals surface area contributed by atoms with Crippen molar-refractivity contribution in [3.63, 3.8) is 0 Å². The summed E-state index contributed by atoms with van der Waals surface area (Å²) in [4.78, 5) is 9.06. The van der Waals surface area contributed by atoms with Crippen LogP contribution in [0, 0.1) is 0 Å². The molecule has 0 spiro atoms. The van der Waals surface area contributed by atoms with E-state index in [9.17, 15) is 0 Å². The SMILES string of the molecule is Nc1cnc(-c2ccc(Br)s2)c(N)n1. The van der Waals surface area contributed by atoms with Gasteiger partial charge in [0.15, 0.2) is 5.82 Å². The Labute approximate surface area is 93.1 Å². The summed E-state index contributed by atoms with van der Waals surface area (Å²) in [7, 11) is 0. The van der Waals surface area contributed by atoms with Gasteiger partial charge in [-0.1, -0.05) is 0 Å². The summed E-state index contributed by atoms with van der Waals surface area (Å²) in [6, 6.07) is 3.88. The first-order valence-corrected chi connectivity index (χ1v) is 5.41. The van der Waals surface area contributed by atoms with E-state index in [1.165, 1.54) is 6.20 Å². The van der Waals surface area contributed by atoms with Gasteiger partial charge in [-0.25, -0.2) is 9.97 Å². The van der Waals surface area contributed by atoms with E-state index in [0.717, 1.165) is 8.66 Å². The highest BCUT2D eigenvalue weighted by Gasteiger charge is 2.08. The molecule has 0 aromatic carbocycles. The maximum atomic E-state index is 5.70. The standard InChI is InChI=1S/C8H7BrN4S/c9-5-2-1-4(14-5)7-8(11)13-6(10)3-12-7/h1-3H,(H4,10,11,13). The first-order valence-electron chi connectivity index (χ1n) is 3.80. The zero-order valence-corrected chi connectivity index (χ0v) is 9.47. The summed E-state index contributed by atoms with van der Waals surface area (Å²) in [5, 5.41) is 0. The van der Waals surface area contributed by atoms with Crippen molar-refractivity contribution < 1.29 is 0 Å². The fourth-order valence-corrected chi connectivity index (χ4v) is 2.44. The molecule has 2 heterocycles. The highest BCUT2D eigenvalue weighted by atomic mass is 79.9. The second kappa shape index (κ2) is 3.55. The molecular weight excluding hydrogens is 264 g/mol. The van der Waals surface area contributed by atoms with Gasteiger partial charge in [0.2, 0.25) is 0 Å². The second-order valence-corrected chi connectivity index (χ2v) is 5.10. The number of hydrogen-bond donors (Lipinski definition) is 2. The molecule has 6 heteroatoms. The van der Waals surface area contributed by atoms with E-state index in [4.69, 9.17) is 11.5 Å². The van der Waals surface area contributed by atoms with Gasteiger partial charge in [-0.15, -0.1) is 11.3 Å². The van der Waals surface area contributed by atoms with Crippen LogP contribution in [0.3, 0.4) is 0 Å². The van der Waals surface area contributed by atoms with Crippen LogP contribution in [0.15, 0.2) is 22.1 Å². The van der Waals surface area contributed by atoms with E-state index in [1.807, 2.05) is 12.1 Å². The number of nitrogens with two attached hydrogens (primary N) is 2. The van der Waals surface area contributed by atoms with E-state index in [1.54, 1.807) is 11.3 Å². The molecule has 0 amide bonds. The van der Waals surface area contributed by atoms with Gasteiger partial charge in [-0.05, 0) is 28.1 Å². The van der Waals surface area contributed by atoms with Gasteiger partial charge in [-0.2, -0.15) is 0 Å². The largest absolute Gasteiger partial charge is 0.382 e. The van der Waals surface area contributed by atoms with Gasteiger partial charge in [0, 0.05) is 0 Å². The molecule has 0 atom stereocenters. The fourth-order valence-electron chi connectivity index (χ4n) is 1.05. The van der Waals surface area contributed by atoms with Crippen LogP contribution in [0.1, 0.15) is 0 Å². The summed E-state index contributed by atoms with van der Waals surface area (Å²) in [6.45, 7) is 0. The Kier molecular flexibility index (Phi) is 2.39. The number of hydrogen-bond acceptors (Lipinski definition) is 5. The van der Waals surface area contributed by atoms with Crippen molar-refractivity contribution in [2.45, 2.75) is 0 Å². The smallest absolute Gasteiger partial charge is 0.153 e. The topological polar surface area (TPSA) is 77.8 Å². The quantitative estimate of drug-likeness (QED) is 0.832. The Morgan fingerprint density at radius 1 is 1.29 bits per heavy atom. The lowest BCUT2D eigenvalue weighted by Gasteiger charge is -2.00. The number of rotatable bonds is 1. The number of aromatic nitrogens is 2. The molecule has 0 saturated heterocycles. The zero-order chi connectivity index (χ0) is 10.1. The molecule has 0 aliphatic heterocycles. The molecule has 2 aromatic heterocycles. The number of anilines is 2. The fraction of sp³-hybridized carbons (Fsp3) is 0. The summed E-state index contributed by atoms with van der Waals surface area (Å²) in [6.07, 6.45) is 1.50. The van der Waals surface area contributed by atoms with Gasteiger partial charge >= 0.3 is 0 Å². The Morgan fingerprint density at radius 2 is 2.07 bits per heavy atom. The van der Waals surface area contributed by atoms with Crippen LogP contribution >= 0.6 is 27.3 Å². The van der Waals surface area contributed by atoms with Gasteiger partial charge in [-0.3, -0.25) is 0 Å². The third-order valence-corrected chi connectivity index (χ3v) is 3.26. The summed E-state index contributed by atoms with van der Waals surface area (Å²) < 4.78 is 1.03. The molecule has 0 aliphatic carbocycles. The normalized spacial score (nSPS) is 10.4. The lowest BCUT2D eigenvalue weighted by molar-refractivity contribution is 1.23. The second-order valence-electron chi connectivity index (χ2n) is 2.63. The predicted octanol–water partition coefficient (Wildman–Crippen LogP) is 2.13. The first-order chi connectivity index (χ1) is 6.66. The molecular formula is C8H7BrN4S. The van der Waals surface area contributed by atoms with E-state index < -0.39 is 0 Å². The Hall–Kier alpha value is -1.14. The lowest BCUT2D eigenvalue weighted by Crippen LogP contribution is -1.99. The summed E-state index contributed by atoms with van der Waals surface area (Å²) in [5.74, 6) is 0.696. The maximum absolute atomic E-state index is 5.70. The maximum Gasteiger partial charge on any atom is 0.153 e. The number of nitrogen functional groups attached to an aromatic ring is 2. The monoisotopic (exact) mass is 270 g/mol. The third kappa shape index (κ3) is 1.71. The third-order valence-electron chi connectivity index (χ3n) is 1.62. The number of nitrogens with zero attached hydrogens (tertiary/aromatic N) is 2. The van der Waals surface area contributed by atoms with Crippen LogP contribution in [0.25, 0.3) is 10.6 Å². The van der Waals surface area contributed by atoms with Gasteiger partial charge in [0.05, 0.1) is 14.9 Å². The van der Waals surface area contributed by atoms with Crippen LogP contribution in [-0.2, 0) is 0 Å². The van der Waals surface area contributed by atoms with Crippen molar-refractivity contribution in [2.75, 3.05) is 11.5 Å². The molecule has 0 fully saturated rings. The van der Waals surface area contributed by atoms with Crippen molar-refractivity contribution in [3.8, 4) is 10.6 Å². The Bertz CT molecular complexity index is 468. The molecule has 0 bridgehead atoms. The molecule has 0 radical (unpaired) electrons. The van der Waals surface area contributed by atoms with Crippen LogP contribution in [0.2, 0.25) is 0 Å². The molecule has 14 heavy (non-hydrogen) atoms. The van der Waals surface area contributed by atoms with Crippen molar-refractivity contribution in [1.29, 1.82) is 0 Å². The van der Waals surface area contributed by atoms with Crippen molar-refractivity contribution in [2.24, 2.45) is 0 Å². The first kappa shape index (κ1) is 9.42. The van der Waals surface area contributed by atoms with Crippen LogP contribution < -0.4 is 11.5 Å². The van der Waals surface area contributed by atoms with Crippen LogP contribution in [0.5, 0.6) is 0 Å². The van der Waals surface area contributed by atoms with E-state index in [2.05, 4.69) is 25.9 Å². The van der Waals surface area contributed by atoms with E-state index >= 15 is 0 Å². The van der Waals surface area contributed by atoms with Gasteiger partial charge in [0.25, 0.3) is 0 Å². The summed E-state index contributed by atoms with van der Waals surface area (Å²) >= 11 is 4.93. The van der Waals surface area contributed by atoms with Crippen molar-refractivity contribution >= 4 is 38.9 Å². The molecule has 2 aromatic rings. The van der Waals surface area contributed by atoms with Crippen molar-refractivity contribution in [1.82, 2.24) is 9.97 Å². The molecule has 2 rings (SSSR count). The molecule has 0 aliphatic rings. The average Bonchev–Trinajstić information content (AvgIpc) is 2.51. The number of halogens is 1. The molecule has 0 saturated carbocycles. The van der Waals surface area contributed by atoms with Gasteiger partial charge in [0.1, 0.15) is 11.5 Å². The molecule has 72 valence electrons. The zero-order valence-electron chi connectivity index (χ0n) is 7.07. The van der Waals surface area contributed by atoms with Crippen LogP contribution in [0.4, 0.5) is 11.6 Å². The highest BCUT2D eigenvalue weighted by molar-refractivity contribution is 9.11. The Balaban J connectivity index is 2.52.